The van der Waals surface area contributed by atoms with Crippen LogP contribution in [0, 0.1) is 5.92 Å². The molecule has 1 unspecified atom stereocenters. The van der Waals surface area contributed by atoms with E-state index in [1.54, 1.807) is 0 Å². The molecule has 1 saturated carbocycles. The summed E-state index contributed by atoms with van der Waals surface area (Å²) in [5, 5.41) is 3.23. The predicted octanol–water partition coefficient (Wildman–Crippen LogP) is 2.78. The number of carbonyl (C=O) groups excluding carboxylic acids is 1. The van der Waals surface area contributed by atoms with Crippen LogP contribution in [0.15, 0.2) is 30.0 Å². The van der Waals surface area contributed by atoms with Gasteiger partial charge in [0.2, 0.25) is 6.79 Å². The van der Waals surface area contributed by atoms with Crippen molar-refractivity contribution in [1.82, 2.24) is 5.32 Å². The Morgan fingerprint density at radius 3 is 3.10 bits per heavy atom. The van der Waals surface area contributed by atoms with Gasteiger partial charge in [-0.1, -0.05) is 13.0 Å². The van der Waals surface area contributed by atoms with Gasteiger partial charge in [0.1, 0.15) is 0 Å². The molecular formula is C16H19NO3. The van der Waals surface area contributed by atoms with Crippen LogP contribution in [0.4, 0.5) is 0 Å². The van der Waals surface area contributed by atoms with Crippen molar-refractivity contribution in [3.63, 3.8) is 0 Å². The van der Waals surface area contributed by atoms with Crippen molar-refractivity contribution >= 4 is 5.78 Å². The van der Waals surface area contributed by atoms with Gasteiger partial charge in [0.25, 0.3) is 0 Å². The lowest BCUT2D eigenvalue weighted by atomic mass is 9.86. The number of rotatable bonds is 3. The second kappa shape index (κ2) is 5.57. The highest BCUT2D eigenvalue weighted by atomic mass is 16.7. The lowest BCUT2D eigenvalue weighted by Crippen LogP contribution is -2.17. The SMILES string of the molecule is CC1CCC(=O)C(=CNCc2ccc3c(c2)OCO3)C1. The fourth-order valence-corrected chi connectivity index (χ4v) is 2.61. The smallest absolute Gasteiger partial charge is 0.231 e. The average molecular weight is 273 g/mol. The highest BCUT2D eigenvalue weighted by Crippen LogP contribution is 2.32. The second-order valence-corrected chi connectivity index (χ2v) is 5.51. The molecule has 2 aliphatic rings. The molecule has 4 nitrogen and oxygen atoms in total. The van der Waals surface area contributed by atoms with Gasteiger partial charge in [0, 0.05) is 24.7 Å². The molecule has 1 aliphatic heterocycles. The van der Waals surface area contributed by atoms with E-state index >= 15 is 0 Å². The van der Waals surface area contributed by atoms with E-state index in [9.17, 15) is 4.79 Å². The first kappa shape index (κ1) is 13.0. The minimum atomic E-state index is 0.279. The molecule has 1 heterocycles. The van der Waals surface area contributed by atoms with E-state index in [4.69, 9.17) is 9.47 Å². The molecule has 20 heavy (non-hydrogen) atoms. The summed E-state index contributed by atoms with van der Waals surface area (Å²) in [6, 6.07) is 5.89. The van der Waals surface area contributed by atoms with Gasteiger partial charge in [-0.15, -0.1) is 0 Å². The lowest BCUT2D eigenvalue weighted by molar-refractivity contribution is -0.117. The molecule has 1 aliphatic carbocycles. The predicted molar refractivity (Wildman–Crippen MR) is 75.5 cm³/mol. The third kappa shape index (κ3) is 2.79. The Balaban J connectivity index is 1.60. The molecule has 4 heteroatoms. The average Bonchev–Trinajstić information content (AvgIpc) is 2.90. The van der Waals surface area contributed by atoms with Crippen LogP contribution in [0.3, 0.4) is 0 Å². The summed E-state index contributed by atoms with van der Waals surface area (Å²) >= 11 is 0. The van der Waals surface area contributed by atoms with Crippen LogP contribution >= 0.6 is 0 Å². The van der Waals surface area contributed by atoms with Crippen LogP contribution in [0.5, 0.6) is 11.5 Å². The number of ketones is 1. The number of ether oxygens (including phenoxy) is 2. The maximum absolute atomic E-state index is 11.8. The van der Waals surface area contributed by atoms with E-state index in [2.05, 4.69) is 12.2 Å². The zero-order chi connectivity index (χ0) is 13.9. The molecular weight excluding hydrogens is 254 g/mol. The van der Waals surface area contributed by atoms with E-state index < -0.39 is 0 Å². The van der Waals surface area contributed by atoms with Gasteiger partial charge in [-0.2, -0.15) is 0 Å². The van der Waals surface area contributed by atoms with Gasteiger partial charge in [0.15, 0.2) is 17.3 Å². The molecule has 0 aromatic heterocycles. The molecule has 1 aromatic rings. The summed E-state index contributed by atoms with van der Waals surface area (Å²) in [5.41, 5.74) is 2.03. The van der Waals surface area contributed by atoms with Gasteiger partial charge in [-0.25, -0.2) is 0 Å². The Hall–Kier alpha value is -1.97. The number of nitrogens with one attached hydrogen (secondary N) is 1. The Morgan fingerprint density at radius 1 is 1.35 bits per heavy atom. The Labute approximate surface area is 118 Å². The van der Waals surface area contributed by atoms with E-state index in [1.165, 1.54) is 0 Å². The number of Topliss-reactive ketones (excluding diaryl/α,β-unsaturated/α-hetero) is 1. The summed E-state index contributed by atoms with van der Waals surface area (Å²) in [5.74, 6) is 2.47. The zero-order valence-corrected chi connectivity index (χ0v) is 11.6. The molecule has 0 bridgehead atoms. The van der Waals surface area contributed by atoms with Crippen LogP contribution in [0.1, 0.15) is 31.7 Å². The summed E-state index contributed by atoms with van der Waals surface area (Å²) < 4.78 is 10.6. The largest absolute Gasteiger partial charge is 0.454 e. The Kier molecular flexibility index (Phi) is 3.63. The molecule has 106 valence electrons. The minimum absolute atomic E-state index is 0.279. The van der Waals surface area contributed by atoms with E-state index in [0.717, 1.165) is 35.5 Å². The molecule has 1 aromatic carbocycles. The number of allylic oxidation sites excluding steroid dienone is 1. The summed E-state index contributed by atoms with van der Waals surface area (Å²) in [6.07, 6.45) is 4.45. The number of carbonyl (C=O) groups is 1. The maximum Gasteiger partial charge on any atom is 0.231 e. The van der Waals surface area contributed by atoms with Crippen LogP contribution in [-0.4, -0.2) is 12.6 Å². The van der Waals surface area contributed by atoms with E-state index in [-0.39, 0.29) is 5.78 Å². The fraction of sp³-hybridized carbons (Fsp3) is 0.438. The topological polar surface area (TPSA) is 47.6 Å². The van der Waals surface area contributed by atoms with Crippen molar-refractivity contribution in [2.45, 2.75) is 32.7 Å². The van der Waals surface area contributed by atoms with Crippen molar-refractivity contribution in [3.05, 3.63) is 35.5 Å². The number of benzene rings is 1. The number of fused-ring (bicyclic) bond motifs is 1. The molecule has 0 saturated heterocycles. The second-order valence-electron chi connectivity index (χ2n) is 5.51. The monoisotopic (exact) mass is 273 g/mol. The summed E-state index contributed by atoms with van der Waals surface area (Å²) in [6.45, 7) is 3.17. The molecule has 1 atom stereocenters. The van der Waals surface area contributed by atoms with E-state index in [0.29, 0.717) is 25.7 Å². The van der Waals surface area contributed by atoms with Crippen molar-refractivity contribution in [2.75, 3.05) is 6.79 Å². The first-order chi connectivity index (χ1) is 9.72. The van der Waals surface area contributed by atoms with Crippen LogP contribution in [0.2, 0.25) is 0 Å². The standard InChI is InChI=1S/C16H19NO3/c1-11-2-4-14(18)13(6-11)9-17-8-12-3-5-15-16(7-12)20-10-19-15/h3,5,7,9,11,17H,2,4,6,8,10H2,1H3. The normalized spacial score (nSPS) is 23.1. The summed E-state index contributed by atoms with van der Waals surface area (Å²) in [4.78, 5) is 11.8. The molecule has 0 spiro atoms. The van der Waals surface area contributed by atoms with Gasteiger partial charge < -0.3 is 14.8 Å². The highest BCUT2D eigenvalue weighted by molar-refractivity contribution is 5.95. The maximum atomic E-state index is 11.8. The molecule has 1 fully saturated rings. The van der Waals surface area contributed by atoms with Crippen LogP contribution in [-0.2, 0) is 11.3 Å². The number of hydrogen-bond acceptors (Lipinski definition) is 4. The Morgan fingerprint density at radius 2 is 2.20 bits per heavy atom. The van der Waals surface area contributed by atoms with Gasteiger partial charge >= 0.3 is 0 Å². The van der Waals surface area contributed by atoms with Crippen molar-refractivity contribution in [1.29, 1.82) is 0 Å². The summed E-state index contributed by atoms with van der Waals surface area (Å²) in [7, 11) is 0. The van der Waals surface area contributed by atoms with Crippen LogP contribution in [0.25, 0.3) is 0 Å². The van der Waals surface area contributed by atoms with Crippen LogP contribution < -0.4 is 14.8 Å². The highest BCUT2D eigenvalue weighted by Gasteiger charge is 2.20. The zero-order valence-electron chi connectivity index (χ0n) is 11.6. The first-order valence-corrected chi connectivity index (χ1v) is 7.06. The molecule has 0 amide bonds. The molecule has 3 rings (SSSR count). The molecule has 0 radical (unpaired) electrons. The van der Waals surface area contributed by atoms with Crippen molar-refractivity contribution < 1.29 is 14.3 Å². The lowest BCUT2D eigenvalue weighted by Gasteiger charge is -2.19. The van der Waals surface area contributed by atoms with E-state index in [1.807, 2.05) is 24.4 Å². The quantitative estimate of drug-likeness (QED) is 0.860. The van der Waals surface area contributed by atoms with Gasteiger partial charge in [-0.05, 0) is 36.5 Å². The third-order valence-electron chi connectivity index (χ3n) is 3.81. The first-order valence-electron chi connectivity index (χ1n) is 7.06. The van der Waals surface area contributed by atoms with Gasteiger partial charge in [0.05, 0.1) is 0 Å². The minimum Gasteiger partial charge on any atom is -0.454 e. The molecule has 1 N–H and O–H groups in total. The number of hydrogen-bond donors (Lipinski definition) is 1. The Bertz CT molecular complexity index is 551. The fourth-order valence-electron chi connectivity index (χ4n) is 2.61. The van der Waals surface area contributed by atoms with Crippen molar-refractivity contribution in [2.24, 2.45) is 5.92 Å². The van der Waals surface area contributed by atoms with Crippen molar-refractivity contribution in [3.8, 4) is 11.5 Å². The third-order valence-corrected chi connectivity index (χ3v) is 3.81. The van der Waals surface area contributed by atoms with Gasteiger partial charge in [-0.3, -0.25) is 4.79 Å².